The molecule has 0 bridgehead atoms. The highest BCUT2D eigenvalue weighted by molar-refractivity contribution is 5.98. The summed E-state index contributed by atoms with van der Waals surface area (Å²) in [6.45, 7) is 1.27. The fraction of sp³-hybridized carbons (Fsp3) is 0.500. The summed E-state index contributed by atoms with van der Waals surface area (Å²) in [6, 6.07) is 3.51. The second kappa shape index (κ2) is 5.07. The van der Waals surface area contributed by atoms with Crippen LogP contribution in [0.5, 0.6) is 5.75 Å². The Morgan fingerprint density at radius 2 is 2.44 bits per heavy atom. The van der Waals surface area contributed by atoms with Gasteiger partial charge in [-0.2, -0.15) is 0 Å². The summed E-state index contributed by atoms with van der Waals surface area (Å²) in [5, 5.41) is 3.15. The van der Waals surface area contributed by atoms with Crippen LogP contribution < -0.4 is 10.1 Å². The van der Waals surface area contributed by atoms with E-state index in [1.54, 1.807) is 25.4 Å². The lowest BCUT2D eigenvalue weighted by Crippen LogP contribution is -2.25. The predicted molar refractivity (Wildman–Crippen MR) is 60.7 cm³/mol. The van der Waals surface area contributed by atoms with Crippen LogP contribution in [-0.4, -0.2) is 31.0 Å². The SMILES string of the molecule is COc1cccnc1C(=O)CNCC1CC1. The van der Waals surface area contributed by atoms with E-state index in [2.05, 4.69) is 10.3 Å². The molecule has 1 saturated carbocycles. The second-order valence-corrected chi connectivity index (χ2v) is 4.05. The lowest BCUT2D eigenvalue weighted by atomic mass is 10.2. The van der Waals surface area contributed by atoms with Crippen molar-refractivity contribution in [1.82, 2.24) is 10.3 Å². The zero-order valence-electron chi connectivity index (χ0n) is 9.40. The first-order chi connectivity index (χ1) is 7.81. The summed E-state index contributed by atoms with van der Waals surface area (Å²) in [4.78, 5) is 15.9. The second-order valence-electron chi connectivity index (χ2n) is 4.05. The normalized spacial score (nSPS) is 14.8. The Kier molecular flexibility index (Phi) is 3.51. The number of carbonyl (C=O) groups is 1. The first-order valence-corrected chi connectivity index (χ1v) is 5.54. The minimum atomic E-state index is -0.0156. The highest BCUT2D eigenvalue weighted by atomic mass is 16.5. The number of Topliss-reactive ketones (excluding diaryl/α,β-unsaturated/α-hetero) is 1. The fourth-order valence-electron chi connectivity index (χ4n) is 1.56. The standard InChI is InChI=1S/C12H16N2O2/c1-16-11-3-2-6-14-12(11)10(15)8-13-7-9-4-5-9/h2-3,6,9,13H,4-5,7-8H2,1H3. The maximum absolute atomic E-state index is 11.8. The predicted octanol–water partition coefficient (Wildman–Crippen LogP) is 1.27. The highest BCUT2D eigenvalue weighted by Crippen LogP contribution is 2.27. The Hall–Kier alpha value is -1.42. The van der Waals surface area contributed by atoms with Gasteiger partial charge in [0, 0.05) is 6.20 Å². The monoisotopic (exact) mass is 220 g/mol. The average molecular weight is 220 g/mol. The maximum Gasteiger partial charge on any atom is 0.198 e. The van der Waals surface area contributed by atoms with Gasteiger partial charge in [-0.15, -0.1) is 0 Å². The van der Waals surface area contributed by atoms with Gasteiger partial charge < -0.3 is 10.1 Å². The molecule has 1 aromatic heterocycles. The smallest absolute Gasteiger partial charge is 0.198 e. The number of rotatable bonds is 6. The Morgan fingerprint density at radius 3 is 3.12 bits per heavy atom. The maximum atomic E-state index is 11.8. The topological polar surface area (TPSA) is 51.2 Å². The lowest BCUT2D eigenvalue weighted by molar-refractivity contribution is 0.0983. The molecule has 4 heteroatoms. The average Bonchev–Trinajstić information content (AvgIpc) is 3.13. The third-order valence-corrected chi connectivity index (χ3v) is 2.67. The number of nitrogens with zero attached hydrogens (tertiary/aromatic N) is 1. The number of hydrogen-bond donors (Lipinski definition) is 1. The summed E-state index contributed by atoms with van der Waals surface area (Å²) in [5.74, 6) is 1.30. The van der Waals surface area contributed by atoms with E-state index in [-0.39, 0.29) is 5.78 Å². The van der Waals surface area contributed by atoms with Crippen molar-refractivity contribution < 1.29 is 9.53 Å². The van der Waals surface area contributed by atoms with Crippen molar-refractivity contribution in [3.05, 3.63) is 24.0 Å². The van der Waals surface area contributed by atoms with E-state index in [0.29, 0.717) is 18.0 Å². The zero-order valence-corrected chi connectivity index (χ0v) is 9.40. The van der Waals surface area contributed by atoms with E-state index in [1.165, 1.54) is 12.8 Å². The van der Waals surface area contributed by atoms with E-state index in [9.17, 15) is 4.79 Å². The number of pyridine rings is 1. The molecule has 1 fully saturated rings. The molecule has 1 aliphatic carbocycles. The van der Waals surface area contributed by atoms with E-state index < -0.39 is 0 Å². The number of ether oxygens (including phenoxy) is 1. The summed E-state index contributed by atoms with van der Waals surface area (Å²) >= 11 is 0. The third kappa shape index (κ3) is 2.79. The number of carbonyl (C=O) groups excluding carboxylic acids is 1. The summed E-state index contributed by atoms with van der Waals surface area (Å²) in [6.07, 6.45) is 4.18. The molecule has 1 aliphatic rings. The van der Waals surface area contributed by atoms with Crippen molar-refractivity contribution in [2.24, 2.45) is 5.92 Å². The summed E-state index contributed by atoms with van der Waals surface area (Å²) in [7, 11) is 1.55. The minimum Gasteiger partial charge on any atom is -0.494 e. The number of methoxy groups -OCH3 is 1. The third-order valence-electron chi connectivity index (χ3n) is 2.67. The molecule has 1 heterocycles. The molecule has 4 nitrogen and oxygen atoms in total. The van der Waals surface area contributed by atoms with Crippen LogP contribution in [0, 0.1) is 5.92 Å². The van der Waals surface area contributed by atoms with Crippen LogP contribution in [0.15, 0.2) is 18.3 Å². The van der Waals surface area contributed by atoms with Gasteiger partial charge >= 0.3 is 0 Å². The van der Waals surface area contributed by atoms with Crippen molar-refractivity contribution in [2.75, 3.05) is 20.2 Å². The molecule has 0 unspecified atom stereocenters. The quantitative estimate of drug-likeness (QED) is 0.733. The highest BCUT2D eigenvalue weighted by Gasteiger charge is 2.21. The molecular formula is C12H16N2O2. The van der Waals surface area contributed by atoms with Crippen LogP contribution in [0.4, 0.5) is 0 Å². The van der Waals surface area contributed by atoms with Crippen LogP contribution in [0.3, 0.4) is 0 Å². The molecule has 0 saturated heterocycles. The molecule has 0 aliphatic heterocycles. The van der Waals surface area contributed by atoms with Gasteiger partial charge in [-0.05, 0) is 37.4 Å². The molecule has 86 valence electrons. The van der Waals surface area contributed by atoms with Crippen LogP contribution in [0.25, 0.3) is 0 Å². The Labute approximate surface area is 95.0 Å². The van der Waals surface area contributed by atoms with E-state index in [0.717, 1.165) is 12.5 Å². The van der Waals surface area contributed by atoms with Gasteiger partial charge in [-0.1, -0.05) is 0 Å². The molecule has 0 atom stereocenters. The van der Waals surface area contributed by atoms with Gasteiger partial charge in [0.2, 0.25) is 0 Å². The van der Waals surface area contributed by atoms with E-state index in [4.69, 9.17) is 4.74 Å². The van der Waals surface area contributed by atoms with Gasteiger partial charge in [0.25, 0.3) is 0 Å². The van der Waals surface area contributed by atoms with Crippen molar-refractivity contribution in [3.63, 3.8) is 0 Å². The van der Waals surface area contributed by atoms with Gasteiger partial charge in [0.05, 0.1) is 13.7 Å². The molecule has 0 aromatic carbocycles. The Balaban J connectivity index is 1.90. The molecule has 0 radical (unpaired) electrons. The molecular weight excluding hydrogens is 204 g/mol. The summed E-state index contributed by atoms with van der Waals surface area (Å²) in [5.41, 5.74) is 0.410. The van der Waals surface area contributed by atoms with Crippen LogP contribution in [0.2, 0.25) is 0 Å². The molecule has 16 heavy (non-hydrogen) atoms. The Morgan fingerprint density at radius 1 is 1.62 bits per heavy atom. The number of aromatic nitrogens is 1. The summed E-state index contributed by atoms with van der Waals surface area (Å²) < 4.78 is 5.10. The Bertz CT molecular complexity index is 375. The molecule has 0 amide bonds. The van der Waals surface area contributed by atoms with Gasteiger partial charge in [-0.3, -0.25) is 4.79 Å². The van der Waals surface area contributed by atoms with Crippen molar-refractivity contribution in [1.29, 1.82) is 0 Å². The molecule has 2 rings (SSSR count). The number of hydrogen-bond acceptors (Lipinski definition) is 4. The van der Waals surface area contributed by atoms with Crippen molar-refractivity contribution in [3.8, 4) is 5.75 Å². The van der Waals surface area contributed by atoms with E-state index >= 15 is 0 Å². The van der Waals surface area contributed by atoms with Crippen molar-refractivity contribution >= 4 is 5.78 Å². The van der Waals surface area contributed by atoms with Crippen LogP contribution >= 0.6 is 0 Å². The van der Waals surface area contributed by atoms with Crippen LogP contribution in [0.1, 0.15) is 23.3 Å². The van der Waals surface area contributed by atoms with Gasteiger partial charge in [-0.25, -0.2) is 4.98 Å². The van der Waals surface area contributed by atoms with E-state index in [1.807, 2.05) is 0 Å². The van der Waals surface area contributed by atoms with Gasteiger partial charge in [0.1, 0.15) is 11.4 Å². The number of ketones is 1. The van der Waals surface area contributed by atoms with Crippen molar-refractivity contribution in [2.45, 2.75) is 12.8 Å². The largest absolute Gasteiger partial charge is 0.494 e. The van der Waals surface area contributed by atoms with Gasteiger partial charge in [0.15, 0.2) is 5.78 Å². The van der Waals surface area contributed by atoms with Crippen LogP contribution in [-0.2, 0) is 0 Å². The molecule has 0 spiro atoms. The first-order valence-electron chi connectivity index (χ1n) is 5.54. The molecule has 1 N–H and O–H groups in total. The lowest BCUT2D eigenvalue weighted by Gasteiger charge is -2.06. The fourth-order valence-corrected chi connectivity index (χ4v) is 1.56. The zero-order chi connectivity index (χ0) is 11.4. The molecule has 1 aromatic rings. The minimum absolute atomic E-state index is 0.0156. The first kappa shape index (κ1) is 11.1. The number of nitrogens with one attached hydrogen (secondary N) is 1.